The second-order valence-corrected chi connectivity index (χ2v) is 7.37. The number of piperidine rings is 1. The molecule has 0 bridgehead atoms. The highest BCUT2D eigenvalue weighted by atomic mass is 16.1. The number of amides is 1. The average molecular weight is 376 g/mol. The monoisotopic (exact) mass is 376 g/mol. The predicted octanol–water partition coefficient (Wildman–Crippen LogP) is 2.77. The summed E-state index contributed by atoms with van der Waals surface area (Å²) in [6.45, 7) is 4.83. The number of nitrogens with one attached hydrogen (secondary N) is 1. The summed E-state index contributed by atoms with van der Waals surface area (Å²) in [6, 6.07) is 9.29. The number of rotatable bonds is 4. The highest BCUT2D eigenvalue weighted by Gasteiger charge is 2.16. The molecule has 0 radical (unpaired) electrons. The first-order chi connectivity index (χ1) is 13.6. The Morgan fingerprint density at radius 2 is 2.00 bits per heavy atom. The number of carbonyl (C=O) groups is 1. The van der Waals surface area contributed by atoms with E-state index in [2.05, 4.69) is 32.1 Å². The number of pyridine rings is 1. The Morgan fingerprint density at radius 1 is 1.18 bits per heavy atom. The second-order valence-electron chi connectivity index (χ2n) is 7.37. The molecule has 1 fully saturated rings. The summed E-state index contributed by atoms with van der Waals surface area (Å²) in [5.41, 5.74) is 7.99. The van der Waals surface area contributed by atoms with Crippen molar-refractivity contribution in [2.45, 2.75) is 26.3 Å². The molecule has 0 saturated carbocycles. The minimum atomic E-state index is -0.159. The fourth-order valence-corrected chi connectivity index (χ4v) is 3.45. The lowest BCUT2D eigenvalue weighted by Gasteiger charge is -2.31. The van der Waals surface area contributed by atoms with Crippen molar-refractivity contribution in [1.82, 2.24) is 20.3 Å². The zero-order valence-corrected chi connectivity index (χ0v) is 15.9. The molecule has 1 aliphatic heterocycles. The van der Waals surface area contributed by atoms with Crippen molar-refractivity contribution in [3.05, 3.63) is 54.0 Å². The molecular weight excluding hydrogens is 352 g/mol. The van der Waals surface area contributed by atoms with Gasteiger partial charge in [0.25, 0.3) is 5.91 Å². The standard InChI is InChI=1S/C21H24N6O/c1-14-6-8-27(9-7-14)19-5-2-15(11-23-19)12-24-21(28)16-3-4-17-18(10-16)25-13-26-20(17)22/h2-5,10-11,13-14H,6-9,12H2,1H3,(H,24,28)(H2,22,25,26). The van der Waals surface area contributed by atoms with Crippen molar-refractivity contribution < 1.29 is 4.79 Å². The van der Waals surface area contributed by atoms with Crippen LogP contribution in [0.2, 0.25) is 0 Å². The van der Waals surface area contributed by atoms with E-state index in [1.165, 1.54) is 19.2 Å². The number of hydrogen-bond acceptors (Lipinski definition) is 6. The van der Waals surface area contributed by atoms with E-state index in [0.717, 1.165) is 35.8 Å². The summed E-state index contributed by atoms with van der Waals surface area (Å²) >= 11 is 0. The first-order valence-electron chi connectivity index (χ1n) is 9.58. The quantitative estimate of drug-likeness (QED) is 0.727. The molecule has 1 aromatic carbocycles. The minimum Gasteiger partial charge on any atom is -0.383 e. The van der Waals surface area contributed by atoms with Crippen LogP contribution in [0.1, 0.15) is 35.7 Å². The maximum Gasteiger partial charge on any atom is 0.251 e. The third-order valence-electron chi connectivity index (χ3n) is 5.30. The molecule has 7 heteroatoms. The first-order valence-corrected chi connectivity index (χ1v) is 9.58. The van der Waals surface area contributed by atoms with Crippen LogP contribution in [0, 0.1) is 5.92 Å². The van der Waals surface area contributed by atoms with Gasteiger partial charge in [-0.1, -0.05) is 13.0 Å². The molecule has 4 rings (SSSR count). The number of aromatic nitrogens is 3. The number of fused-ring (bicyclic) bond motifs is 1. The number of anilines is 2. The molecule has 2 aromatic heterocycles. The number of nitrogens with two attached hydrogens (primary N) is 1. The van der Waals surface area contributed by atoms with Gasteiger partial charge in [-0.3, -0.25) is 4.79 Å². The highest BCUT2D eigenvalue weighted by Crippen LogP contribution is 2.21. The van der Waals surface area contributed by atoms with E-state index >= 15 is 0 Å². The summed E-state index contributed by atoms with van der Waals surface area (Å²) < 4.78 is 0. The fraction of sp³-hybridized carbons (Fsp3) is 0.333. The highest BCUT2D eigenvalue weighted by molar-refractivity contribution is 5.99. The fourth-order valence-electron chi connectivity index (χ4n) is 3.45. The minimum absolute atomic E-state index is 0.159. The van der Waals surface area contributed by atoms with Crippen LogP contribution in [0.25, 0.3) is 10.9 Å². The molecule has 144 valence electrons. The van der Waals surface area contributed by atoms with Gasteiger partial charge in [-0.15, -0.1) is 0 Å². The number of carbonyl (C=O) groups excluding carboxylic acids is 1. The maximum absolute atomic E-state index is 12.5. The SMILES string of the molecule is CC1CCN(c2ccc(CNC(=O)c3ccc4c(N)ncnc4c3)cn2)CC1. The Bertz CT molecular complexity index is 980. The van der Waals surface area contributed by atoms with Crippen LogP contribution < -0.4 is 16.0 Å². The Morgan fingerprint density at radius 3 is 2.75 bits per heavy atom. The zero-order chi connectivity index (χ0) is 19.5. The molecule has 0 atom stereocenters. The van der Waals surface area contributed by atoms with E-state index < -0.39 is 0 Å². The summed E-state index contributed by atoms with van der Waals surface area (Å²) in [7, 11) is 0. The number of benzene rings is 1. The summed E-state index contributed by atoms with van der Waals surface area (Å²) in [4.78, 5) is 27.5. The molecule has 1 saturated heterocycles. The van der Waals surface area contributed by atoms with Crippen molar-refractivity contribution in [3.8, 4) is 0 Å². The van der Waals surface area contributed by atoms with Crippen LogP contribution in [0.15, 0.2) is 42.9 Å². The van der Waals surface area contributed by atoms with Gasteiger partial charge < -0.3 is 16.0 Å². The smallest absolute Gasteiger partial charge is 0.251 e. The average Bonchev–Trinajstić information content (AvgIpc) is 2.73. The van der Waals surface area contributed by atoms with Gasteiger partial charge in [-0.25, -0.2) is 15.0 Å². The van der Waals surface area contributed by atoms with Crippen molar-refractivity contribution >= 4 is 28.4 Å². The molecule has 3 aromatic rings. The van der Waals surface area contributed by atoms with Gasteiger partial charge in [0.05, 0.1) is 5.52 Å². The molecular formula is C21H24N6O. The van der Waals surface area contributed by atoms with Gasteiger partial charge in [0.1, 0.15) is 18.0 Å². The van der Waals surface area contributed by atoms with Gasteiger partial charge in [-0.2, -0.15) is 0 Å². The van der Waals surface area contributed by atoms with Gasteiger partial charge in [0, 0.05) is 36.8 Å². The van der Waals surface area contributed by atoms with Gasteiger partial charge in [-0.05, 0) is 48.6 Å². The second kappa shape index (κ2) is 7.80. The zero-order valence-electron chi connectivity index (χ0n) is 15.9. The summed E-state index contributed by atoms with van der Waals surface area (Å²) in [5, 5.41) is 3.67. The van der Waals surface area contributed by atoms with Crippen molar-refractivity contribution in [3.63, 3.8) is 0 Å². The number of nitrogen functional groups attached to an aromatic ring is 1. The van der Waals surface area contributed by atoms with E-state index in [1.807, 2.05) is 18.3 Å². The molecule has 0 aliphatic carbocycles. The van der Waals surface area contributed by atoms with Gasteiger partial charge in [0.2, 0.25) is 0 Å². The Kier molecular flexibility index (Phi) is 5.06. The Hall–Kier alpha value is -3.22. The van der Waals surface area contributed by atoms with E-state index in [0.29, 0.717) is 23.4 Å². The summed E-state index contributed by atoms with van der Waals surface area (Å²) in [5.74, 6) is 2.05. The van der Waals surface area contributed by atoms with Crippen LogP contribution in [-0.2, 0) is 6.54 Å². The topological polar surface area (TPSA) is 97.0 Å². The third-order valence-corrected chi connectivity index (χ3v) is 5.30. The van der Waals surface area contributed by atoms with Crippen molar-refractivity contribution in [2.75, 3.05) is 23.7 Å². The van der Waals surface area contributed by atoms with E-state index in [4.69, 9.17) is 5.73 Å². The molecule has 7 nitrogen and oxygen atoms in total. The van der Waals surface area contributed by atoms with Crippen LogP contribution in [0.5, 0.6) is 0 Å². The summed E-state index contributed by atoms with van der Waals surface area (Å²) in [6.07, 6.45) is 5.65. The largest absolute Gasteiger partial charge is 0.383 e. The number of nitrogens with zero attached hydrogens (tertiary/aromatic N) is 4. The van der Waals surface area contributed by atoms with Crippen LogP contribution in [-0.4, -0.2) is 33.9 Å². The normalized spacial score (nSPS) is 15.0. The Balaban J connectivity index is 1.38. The van der Waals surface area contributed by atoms with E-state index in [-0.39, 0.29) is 5.91 Å². The number of hydrogen-bond donors (Lipinski definition) is 2. The lowest BCUT2D eigenvalue weighted by Crippen LogP contribution is -2.33. The maximum atomic E-state index is 12.5. The molecule has 0 spiro atoms. The Labute approximate surface area is 164 Å². The van der Waals surface area contributed by atoms with Gasteiger partial charge >= 0.3 is 0 Å². The molecule has 3 N–H and O–H groups in total. The van der Waals surface area contributed by atoms with E-state index in [1.54, 1.807) is 18.2 Å². The van der Waals surface area contributed by atoms with Crippen LogP contribution >= 0.6 is 0 Å². The van der Waals surface area contributed by atoms with Crippen LogP contribution in [0.3, 0.4) is 0 Å². The molecule has 0 unspecified atom stereocenters. The van der Waals surface area contributed by atoms with Crippen molar-refractivity contribution in [2.24, 2.45) is 5.92 Å². The van der Waals surface area contributed by atoms with Crippen molar-refractivity contribution in [1.29, 1.82) is 0 Å². The molecule has 1 aliphatic rings. The van der Waals surface area contributed by atoms with Crippen LogP contribution in [0.4, 0.5) is 11.6 Å². The lowest BCUT2D eigenvalue weighted by atomic mass is 9.99. The third kappa shape index (κ3) is 3.88. The van der Waals surface area contributed by atoms with E-state index in [9.17, 15) is 4.79 Å². The molecule has 1 amide bonds. The molecule has 28 heavy (non-hydrogen) atoms. The lowest BCUT2D eigenvalue weighted by molar-refractivity contribution is 0.0951. The van der Waals surface area contributed by atoms with Gasteiger partial charge in [0.15, 0.2) is 0 Å². The first kappa shape index (κ1) is 18.2. The molecule has 3 heterocycles. The predicted molar refractivity (Wildman–Crippen MR) is 110 cm³/mol.